The summed E-state index contributed by atoms with van der Waals surface area (Å²) >= 11 is 0. The van der Waals surface area contributed by atoms with E-state index in [4.69, 9.17) is 0 Å². The Balaban J connectivity index is 2.42. The summed E-state index contributed by atoms with van der Waals surface area (Å²) in [5.41, 5.74) is -1.26. The van der Waals surface area contributed by atoms with Gasteiger partial charge in [0.2, 0.25) is 0 Å². The summed E-state index contributed by atoms with van der Waals surface area (Å²) in [5, 5.41) is 12.0. The van der Waals surface area contributed by atoms with Crippen LogP contribution in [-0.2, 0) is 11.7 Å². The van der Waals surface area contributed by atoms with Gasteiger partial charge in [-0.25, -0.2) is 0 Å². The van der Waals surface area contributed by atoms with Gasteiger partial charge in [0.15, 0.2) is 0 Å². The average Bonchev–Trinajstić information content (AvgIpc) is 2.73. The molecule has 1 aliphatic rings. The first-order valence-corrected chi connectivity index (χ1v) is 7.36. The molecular weight excluding hydrogens is 279 g/mol. The summed E-state index contributed by atoms with van der Waals surface area (Å²) in [5.74, 6) is 0. The lowest BCUT2D eigenvalue weighted by Crippen LogP contribution is -2.48. The molecule has 0 aliphatic carbocycles. The van der Waals surface area contributed by atoms with Crippen molar-refractivity contribution in [3.63, 3.8) is 0 Å². The molecule has 5 heteroatoms. The van der Waals surface area contributed by atoms with Gasteiger partial charge in [0, 0.05) is 5.54 Å². The summed E-state index contributed by atoms with van der Waals surface area (Å²) in [4.78, 5) is 0. The highest BCUT2D eigenvalue weighted by molar-refractivity contribution is 5.32. The Morgan fingerprint density at radius 2 is 1.81 bits per heavy atom. The van der Waals surface area contributed by atoms with Gasteiger partial charge in [-0.15, -0.1) is 0 Å². The van der Waals surface area contributed by atoms with E-state index in [1.807, 2.05) is 20.8 Å². The molecule has 0 radical (unpaired) electrons. The second-order valence-electron chi connectivity index (χ2n) is 6.10. The van der Waals surface area contributed by atoms with E-state index in [-0.39, 0.29) is 5.54 Å². The van der Waals surface area contributed by atoms with Crippen molar-refractivity contribution in [2.75, 3.05) is 0 Å². The van der Waals surface area contributed by atoms with Crippen molar-refractivity contribution in [2.45, 2.75) is 63.7 Å². The molecule has 118 valence electrons. The molecule has 1 N–H and O–H groups in total. The van der Waals surface area contributed by atoms with E-state index in [0.29, 0.717) is 12.0 Å². The first-order valence-electron chi connectivity index (χ1n) is 7.36. The molecule has 1 saturated heterocycles. The highest BCUT2D eigenvalue weighted by Crippen LogP contribution is 2.49. The van der Waals surface area contributed by atoms with Crippen LogP contribution in [0.25, 0.3) is 0 Å². The second kappa shape index (κ2) is 5.29. The van der Waals surface area contributed by atoms with E-state index in [1.54, 1.807) is 6.07 Å². The predicted molar refractivity (Wildman–Crippen MR) is 75.0 cm³/mol. The fourth-order valence-electron chi connectivity index (χ4n) is 3.41. The Kier molecular flexibility index (Phi) is 4.10. The van der Waals surface area contributed by atoms with Crippen molar-refractivity contribution in [1.82, 2.24) is 5.06 Å². The smallest absolute Gasteiger partial charge is 0.313 e. The Hall–Kier alpha value is -1.07. The van der Waals surface area contributed by atoms with Gasteiger partial charge >= 0.3 is 6.18 Å². The molecule has 1 aliphatic heterocycles. The van der Waals surface area contributed by atoms with Crippen molar-refractivity contribution in [3.05, 3.63) is 35.4 Å². The highest BCUT2D eigenvalue weighted by atomic mass is 19.4. The van der Waals surface area contributed by atoms with E-state index < -0.39 is 17.3 Å². The van der Waals surface area contributed by atoms with Gasteiger partial charge in [-0.1, -0.05) is 26.0 Å². The number of rotatable bonds is 3. The second-order valence-corrected chi connectivity index (χ2v) is 6.10. The van der Waals surface area contributed by atoms with Crippen molar-refractivity contribution < 1.29 is 18.4 Å². The molecule has 0 amide bonds. The molecule has 1 fully saturated rings. The van der Waals surface area contributed by atoms with Gasteiger partial charge in [-0.2, -0.15) is 18.2 Å². The van der Waals surface area contributed by atoms with Gasteiger partial charge in [0.1, 0.15) is 0 Å². The fourth-order valence-corrected chi connectivity index (χ4v) is 3.41. The predicted octanol–water partition coefficient (Wildman–Crippen LogP) is 4.96. The molecule has 0 bridgehead atoms. The minimum atomic E-state index is -4.36. The molecular formula is C16H22F3NO. The standard InChI is InChI=1S/C16H22F3NO/c1-4-15(5-2)10-9-14(3,20(15)21)12-7-6-8-13(11-12)16(17,18)19/h6-8,11,21H,4-5,9-10H2,1-3H3. The lowest BCUT2D eigenvalue weighted by atomic mass is 9.88. The maximum absolute atomic E-state index is 12.9. The van der Waals surface area contributed by atoms with Crippen LogP contribution < -0.4 is 0 Å². The van der Waals surface area contributed by atoms with Crippen LogP contribution in [0.1, 0.15) is 57.6 Å². The maximum Gasteiger partial charge on any atom is 0.416 e. The van der Waals surface area contributed by atoms with Gasteiger partial charge < -0.3 is 5.21 Å². The number of halogens is 3. The van der Waals surface area contributed by atoms with Crippen LogP contribution in [0, 0.1) is 0 Å². The van der Waals surface area contributed by atoms with Gasteiger partial charge in [-0.3, -0.25) is 0 Å². The quantitative estimate of drug-likeness (QED) is 0.852. The van der Waals surface area contributed by atoms with E-state index in [1.165, 1.54) is 11.1 Å². The number of hydroxylamine groups is 2. The summed E-state index contributed by atoms with van der Waals surface area (Å²) in [6.45, 7) is 5.82. The molecule has 1 aromatic carbocycles. The number of nitrogens with zero attached hydrogens (tertiary/aromatic N) is 1. The summed E-state index contributed by atoms with van der Waals surface area (Å²) in [6, 6.07) is 5.30. The maximum atomic E-state index is 12.9. The molecule has 0 spiro atoms. The molecule has 2 nitrogen and oxygen atoms in total. The SMILES string of the molecule is CCC1(CC)CCC(C)(c2cccc(C(F)(F)F)c2)N1O. The first kappa shape index (κ1) is 16.3. The number of alkyl halides is 3. The largest absolute Gasteiger partial charge is 0.416 e. The number of benzene rings is 1. The number of hydrogen-bond acceptors (Lipinski definition) is 2. The zero-order valence-corrected chi connectivity index (χ0v) is 12.7. The first-order chi connectivity index (χ1) is 9.69. The van der Waals surface area contributed by atoms with Crippen LogP contribution >= 0.6 is 0 Å². The molecule has 1 aromatic rings. The third-order valence-electron chi connectivity index (χ3n) is 5.12. The Morgan fingerprint density at radius 3 is 2.29 bits per heavy atom. The monoisotopic (exact) mass is 301 g/mol. The van der Waals surface area contributed by atoms with Crippen molar-refractivity contribution in [1.29, 1.82) is 0 Å². The highest BCUT2D eigenvalue weighted by Gasteiger charge is 2.51. The van der Waals surface area contributed by atoms with E-state index in [0.717, 1.165) is 31.4 Å². The van der Waals surface area contributed by atoms with Crippen LogP contribution in [0.5, 0.6) is 0 Å². The van der Waals surface area contributed by atoms with Crippen LogP contribution in [0.15, 0.2) is 24.3 Å². The molecule has 1 heterocycles. The lowest BCUT2D eigenvalue weighted by Gasteiger charge is -2.40. The van der Waals surface area contributed by atoms with Crippen molar-refractivity contribution in [3.8, 4) is 0 Å². The molecule has 1 atom stereocenters. The van der Waals surface area contributed by atoms with Crippen molar-refractivity contribution >= 4 is 0 Å². The normalized spacial score (nSPS) is 26.2. The van der Waals surface area contributed by atoms with Crippen LogP contribution in [-0.4, -0.2) is 15.8 Å². The topological polar surface area (TPSA) is 23.5 Å². The molecule has 2 rings (SSSR count). The van der Waals surface area contributed by atoms with Crippen molar-refractivity contribution in [2.24, 2.45) is 0 Å². The lowest BCUT2D eigenvalue weighted by molar-refractivity contribution is -0.213. The zero-order chi connectivity index (χ0) is 15.9. The fraction of sp³-hybridized carbons (Fsp3) is 0.625. The van der Waals surface area contributed by atoms with Gasteiger partial charge in [0.25, 0.3) is 0 Å². The average molecular weight is 301 g/mol. The van der Waals surface area contributed by atoms with E-state index in [2.05, 4.69) is 0 Å². The van der Waals surface area contributed by atoms with Gasteiger partial charge in [-0.05, 0) is 50.3 Å². The Morgan fingerprint density at radius 1 is 1.19 bits per heavy atom. The molecule has 0 saturated carbocycles. The van der Waals surface area contributed by atoms with Gasteiger partial charge in [0.05, 0.1) is 11.1 Å². The minimum absolute atomic E-state index is 0.344. The van der Waals surface area contributed by atoms with E-state index >= 15 is 0 Å². The minimum Gasteiger partial charge on any atom is -0.313 e. The Bertz CT molecular complexity index is 510. The van der Waals surface area contributed by atoms with Crippen LogP contribution in [0.4, 0.5) is 13.2 Å². The summed E-state index contributed by atoms with van der Waals surface area (Å²) < 4.78 is 38.7. The van der Waals surface area contributed by atoms with Crippen LogP contribution in [0.2, 0.25) is 0 Å². The molecule has 1 unspecified atom stereocenters. The summed E-state index contributed by atoms with van der Waals surface area (Å²) in [6.07, 6.45) is -1.39. The van der Waals surface area contributed by atoms with E-state index in [9.17, 15) is 18.4 Å². The molecule has 0 aromatic heterocycles. The third-order valence-corrected chi connectivity index (χ3v) is 5.12. The number of hydrogen-bond donors (Lipinski definition) is 1. The third kappa shape index (κ3) is 2.57. The summed E-state index contributed by atoms with van der Waals surface area (Å²) in [7, 11) is 0. The molecule has 21 heavy (non-hydrogen) atoms. The zero-order valence-electron chi connectivity index (χ0n) is 12.7. The van der Waals surface area contributed by atoms with Crippen LogP contribution in [0.3, 0.4) is 0 Å². The Labute approximate surface area is 123 Å².